The number of hydrogen-bond donors (Lipinski definition) is 0. The predicted molar refractivity (Wildman–Crippen MR) is 258 cm³/mol. The summed E-state index contributed by atoms with van der Waals surface area (Å²) in [6.07, 6.45) is 2.14. The molecule has 0 radical (unpaired) electrons. The Bertz CT molecular complexity index is 3360. The smallest absolute Gasteiger partial charge is 0.164 e. The van der Waals surface area contributed by atoms with Gasteiger partial charge in [-0.2, -0.15) is 0 Å². The Morgan fingerprint density at radius 1 is 0.312 bits per heavy atom. The molecule has 0 amide bonds. The molecule has 5 heteroatoms. The van der Waals surface area contributed by atoms with Gasteiger partial charge in [0.1, 0.15) is 5.65 Å². The van der Waals surface area contributed by atoms with Crippen LogP contribution in [0.5, 0.6) is 0 Å². The first-order valence-corrected chi connectivity index (χ1v) is 21.6. The van der Waals surface area contributed by atoms with Crippen LogP contribution < -0.4 is 0 Å². The third-order valence-corrected chi connectivity index (χ3v) is 12.6. The number of nitrogens with zero attached hydrogens (tertiary/aromatic N) is 5. The van der Waals surface area contributed by atoms with Crippen molar-refractivity contribution in [2.75, 3.05) is 0 Å². The van der Waals surface area contributed by atoms with Gasteiger partial charge in [-0.1, -0.05) is 218 Å². The number of hydrogen-bond acceptors (Lipinski definition) is 4. The Kier molecular flexibility index (Phi) is 8.97. The summed E-state index contributed by atoms with van der Waals surface area (Å²) in [6, 6.07) is 81.4. The minimum atomic E-state index is -0.565. The van der Waals surface area contributed by atoms with Gasteiger partial charge in [0.2, 0.25) is 0 Å². The van der Waals surface area contributed by atoms with Crippen molar-refractivity contribution in [3.05, 3.63) is 259 Å². The van der Waals surface area contributed by atoms with Gasteiger partial charge in [0.15, 0.2) is 17.5 Å². The van der Waals surface area contributed by atoms with Crippen molar-refractivity contribution in [3.8, 4) is 78.9 Å². The highest BCUT2D eigenvalue weighted by Gasteiger charge is 2.48. The van der Waals surface area contributed by atoms with E-state index in [2.05, 4.69) is 180 Å². The zero-order valence-electron chi connectivity index (χ0n) is 34.8. The fourth-order valence-electron chi connectivity index (χ4n) is 9.72. The van der Waals surface area contributed by atoms with Crippen LogP contribution in [-0.4, -0.2) is 24.3 Å². The number of benzene rings is 8. The zero-order valence-corrected chi connectivity index (χ0v) is 34.8. The van der Waals surface area contributed by atoms with E-state index in [1.54, 1.807) is 0 Å². The van der Waals surface area contributed by atoms with Gasteiger partial charge in [0.25, 0.3) is 0 Å². The number of imidazole rings is 1. The van der Waals surface area contributed by atoms with E-state index < -0.39 is 5.41 Å². The molecule has 0 bridgehead atoms. The Morgan fingerprint density at radius 2 is 0.750 bits per heavy atom. The molecule has 0 aliphatic heterocycles. The number of fused-ring (bicyclic) bond motifs is 4. The molecule has 5 nitrogen and oxygen atoms in total. The van der Waals surface area contributed by atoms with Gasteiger partial charge in [0.05, 0.1) is 16.8 Å². The number of rotatable bonds is 8. The van der Waals surface area contributed by atoms with Gasteiger partial charge in [-0.25, -0.2) is 19.9 Å². The quantitative estimate of drug-likeness (QED) is 0.153. The van der Waals surface area contributed by atoms with Crippen molar-refractivity contribution in [1.29, 1.82) is 0 Å². The van der Waals surface area contributed by atoms with Crippen LogP contribution in [0.3, 0.4) is 0 Å². The summed E-state index contributed by atoms with van der Waals surface area (Å²) in [4.78, 5) is 20.1. The molecule has 0 N–H and O–H groups in total. The van der Waals surface area contributed by atoms with Crippen molar-refractivity contribution >= 4 is 5.65 Å². The van der Waals surface area contributed by atoms with Crippen LogP contribution in [0.4, 0.5) is 0 Å². The average molecular weight is 818 g/mol. The minimum absolute atomic E-state index is 0.565. The van der Waals surface area contributed by atoms with Gasteiger partial charge in [0, 0.05) is 34.0 Å². The molecule has 0 fully saturated rings. The molecule has 0 saturated heterocycles. The summed E-state index contributed by atoms with van der Waals surface area (Å²) < 4.78 is 2.26. The van der Waals surface area contributed by atoms with Crippen molar-refractivity contribution < 1.29 is 0 Å². The normalized spacial score (nSPS) is 12.5. The summed E-state index contributed by atoms with van der Waals surface area (Å²) in [6.45, 7) is 0. The average Bonchev–Trinajstić information content (AvgIpc) is 3.92. The van der Waals surface area contributed by atoms with Crippen LogP contribution in [0, 0.1) is 0 Å². The van der Waals surface area contributed by atoms with Gasteiger partial charge < -0.3 is 0 Å². The molecular formula is C59H39N5. The molecule has 0 saturated carbocycles. The van der Waals surface area contributed by atoms with E-state index in [4.69, 9.17) is 19.9 Å². The van der Waals surface area contributed by atoms with E-state index in [1.165, 1.54) is 33.4 Å². The first kappa shape index (κ1) is 37.2. The van der Waals surface area contributed by atoms with Crippen LogP contribution in [0.15, 0.2) is 237 Å². The van der Waals surface area contributed by atoms with Gasteiger partial charge in [-0.3, -0.25) is 4.40 Å². The van der Waals surface area contributed by atoms with Gasteiger partial charge >= 0.3 is 0 Å². The van der Waals surface area contributed by atoms with Gasteiger partial charge in [-0.05, 0) is 56.6 Å². The Hall–Kier alpha value is -8.54. The largest absolute Gasteiger partial charge is 0.299 e. The molecule has 1 aliphatic carbocycles. The molecular weight excluding hydrogens is 779 g/mol. The molecule has 1 aliphatic rings. The first-order valence-electron chi connectivity index (χ1n) is 21.6. The summed E-state index contributed by atoms with van der Waals surface area (Å²) in [5, 5.41) is 0. The SMILES string of the molecule is c1ccc(-c2nc(-c3ccccc3)nc(-c3ccc(-c4ccc(-c5nc6ccccn6c5-c5cccc6c5C(c5ccccc5)(c5ccccc5)c5ccccc5-6)cc4)cc3)n2)cc1. The minimum Gasteiger partial charge on any atom is -0.299 e. The number of aromatic nitrogens is 5. The molecule has 8 aromatic carbocycles. The first-order chi connectivity index (χ1) is 31.7. The molecule has 12 rings (SSSR count). The summed E-state index contributed by atoms with van der Waals surface area (Å²) in [7, 11) is 0. The molecule has 64 heavy (non-hydrogen) atoms. The standard InChI is InChI=1S/C59H39N5/c1-5-18-43(19-6-1)56-61-57(44-20-7-2-8-21-44)63-58(62-56)45-37-33-41(34-38-45)40-31-35-42(36-32-40)54-55(64-39-16-15-30-52(64)60-54)50-28-17-27-49-48-26-13-14-29-51(48)59(53(49)50,46-22-9-3-10-23-46)47-24-11-4-12-25-47/h1-39H. The van der Waals surface area contributed by atoms with E-state index >= 15 is 0 Å². The summed E-state index contributed by atoms with van der Waals surface area (Å²) >= 11 is 0. The van der Waals surface area contributed by atoms with Crippen LogP contribution in [0.25, 0.3) is 84.6 Å². The van der Waals surface area contributed by atoms with Crippen molar-refractivity contribution in [2.45, 2.75) is 5.41 Å². The molecule has 0 unspecified atom stereocenters. The second kappa shape index (κ2) is 15.4. The van der Waals surface area contributed by atoms with Crippen LogP contribution in [0.1, 0.15) is 22.3 Å². The molecule has 3 heterocycles. The zero-order chi connectivity index (χ0) is 42.5. The van der Waals surface area contributed by atoms with Crippen molar-refractivity contribution in [1.82, 2.24) is 24.3 Å². The molecule has 11 aromatic rings. The fourth-order valence-corrected chi connectivity index (χ4v) is 9.72. The van der Waals surface area contributed by atoms with E-state index in [1.807, 2.05) is 60.7 Å². The lowest BCUT2D eigenvalue weighted by Crippen LogP contribution is -2.29. The highest BCUT2D eigenvalue weighted by molar-refractivity contribution is 5.95. The third-order valence-electron chi connectivity index (χ3n) is 12.6. The Morgan fingerprint density at radius 3 is 1.33 bits per heavy atom. The highest BCUT2D eigenvalue weighted by Crippen LogP contribution is 2.59. The Balaban J connectivity index is 0.964. The predicted octanol–water partition coefficient (Wildman–Crippen LogP) is 13.9. The fraction of sp³-hybridized carbons (Fsp3) is 0.0169. The van der Waals surface area contributed by atoms with Crippen LogP contribution in [0.2, 0.25) is 0 Å². The van der Waals surface area contributed by atoms with E-state index in [-0.39, 0.29) is 0 Å². The maximum absolute atomic E-state index is 5.38. The van der Waals surface area contributed by atoms with Crippen LogP contribution in [-0.2, 0) is 5.41 Å². The molecule has 3 aromatic heterocycles. The lowest BCUT2D eigenvalue weighted by Gasteiger charge is -2.35. The van der Waals surface area contributed by atoms with Crippen molar-refractivity contribution in [2.24, 2.45) is 0 Å². The van der Waals surface area contributed by atoms with E-state index in [0.717, 1.165) is 56.0 Å². The summed E-state index contributed by atoms with van der Waals surface area (Å²) in [5.74, 6) is 1.92. The second-order valence-electron chi connectivity index (χ2n) is 16.2. The third kappa shape index (κ3) is 6.09. The lowest BCUT2D eigenvalue weighted by atomic mass is 9.66. The molecule has 0 atom stereocenters. The van der Waals surface area contributed by atoms with Crippen LogP contribution >= 0.6 is 0 Å². The van der Waals surface area contributed by atoms with Gasteiger partial charge in [-0.15, -0.1) is 0 Å². The summed E-state index contributed by atoms with van der Waals surface area (Å²) in [5.41, 5.74) is 17.0. The maximum Gasteiger partial charge on any atom is 0.164 e. The van der Waals surface area contributed by atoms with E-state index in [0.29, 0.717) is 17.5 Å². The lowest BCUT2D eigenvalue weighted by molar-refractivity contribution is 0.769. The highest BCUT2D eigenvalue weighted by atomic mass is 15.0. The molecule has 300 valence electrons. The maximum atomic E-state index is 5.38. The topological polar surface area (TPSA) is 56.0 Å². The second-order valence-corrected chi connectivity index (χ2v) is 16.2. The Labute approximate surface area is 371 Å². The monoisotopic (exact) mass is 817 g/mol. The number of pyridine rings is 1. The van der Waals surface area contributed by atoms with Crippen molar-refractivity contribution in [3.63, 3.8) is 0 Å². The van der Waals surface area contributed by atoms with E-state index in [9.17, 15) is 0 Å². The molecule has 0 spiro atoms.